The van der Waals surface area contributed by atoms with E-state index in [2.05, 4.69) is 16.6 Å². The molecule has 1 N–H and O–H groups in total. The van der Waals surface area contributed by atoms with E-state index in [9.17, 15) is 14.7 Å². The first-order chi connectivity index (χ1) is 13.0. The number of amides is 1. The number of ether oxygens (including phenoxy) is 1. The monoisotopic (exact) mass is 379 g/mol. The molecule has 3 atom stereocenters. The quantitative estimate of drug-likeness (QED) is 0.319. The van der Waals surface area contributed by atoms with Gasteiger partial charge in [0.05, 0.1) is 13.2 Å². The van der Waals surface area contributed by atoms with Gasteiger partial charge >= 0.3 is 5.97 Å². The van der Waals surface area contributed by atoms with Crippen LogP contribution in [-0.4, -0.2) is 47.7 Å². The van der Waals surface area contributed by atoms with E-state index >= 15 is 0 Å². The minimum absolute atomic E-state index is 0.154. The zero-order valence-corrected chi connectivity index (χ0v) is 17.3. The number of carbonyl (C=O) groups is 2. The molecule has 1 aliphatic rings. The van der Waals surface area contributed by atoms with Crippen LogP contribution in [0.2, 0.25) is 0 Å². The van der Waals surface area contributed by atoms with Crippen molar-refractivity contribution >= 4 is 11.9 Å². The van der Waals surface area contributed by atoms with Crippen molar-refractivity contribution in [1.82, 2.24) is 4.90 Å². The van der Waals surface area contributed by atoms with Gasteiger partial charge in [0.15, 0.2) is 0 Å². The number of rotatable bonds is 12. The number of hydrogen-bond acceptors (Lipinski definition) is 4. The maximum absolute atomic E-state index is 12.2. The van der Waals surface area contributed by atoms with Gasteiger partial charge in [-0.3, -0.25) is 9.59 Å². The summed E-state index contributed by atoms with van der Waals surface area (Å²) in [4.78, 5) is 25.3. The van der Waals surface area contributed by atoms with Gasteiger partial charge in [-0.25, -0.2) is 0 Å². The van der Waals surface area contributed by atoms with Crippen molar-refractivity contribution in [1.29, 1.82) is 0 Å². The molecule has 1 aliphatic heterocycles. The van der Waals surface area contributed by atoms with Crippen LogP contribution < -0.4 is 0 Å². The molecule has 154 valence electrons. The summed E-state index contributed by atoms with van der Waals surface area (Å²) in [5.74, 6) is 6.42. The molecule has 0 radical (unpaired) electrons. The largest absolute Gasteiger partial charge is 0.469 e. The first kappa shape index (κ1) is 23.5. The van der Waals surface area contributed by atoms with Crippen LogP contribution in [0.5, 0.6) is 0 Å². The fraction of sp³-hybridized carbons (Fsp3) is 0.818. The summed E-state index contributed by atoms with van der Waals surface area (Å²) in [7, 11) is 1.41. The standard InChI is InChI=1S/C22H37NO4/c1-4-5-8-11-18(2)20(24)15-13-19-14-16-21(25)23(19)17-10-7-6-9-12-22(26)27-3/h18-20,24H,4,6-7,9-17H2,1-3H3/t18-,19+,20+/m1/s1. The maximum Gasteiger partial charge on any atom is 0.305 e. The molecule has 1 saturated heterocycles. The molecule has 27 heavy (non-hydrogen) atoms. The van der Waals surface area contributed by atoms with Crippen LogP contribution >= 0.6 is 0 Å². The van der Waals surface area contributed by atoms with Gasteiger partial charge in [-0.1, -0.05) is 26.7 Å². The number of nitrogens with zero attached hydrogens (tertiary/aromatic N) is 1. The molecule has 0 aromatic rings. The van der Waals surface area contributed by atoms with E-state index in [0.717, 1.165) is 64.3 Å². The number of likely N-dealkylation sites (tertiary alicyclic amines) is 1. The predicted octanol–water partition coefficient (Wildman–Crippen LogP) is 3.68. The Morgan fingerprint density at radius 1 is 1.30 bits per heavy atom. The van der Waals surface area contributed by atoms with Crippen LogP contribution in [-0.2, 0) is 14.3 Å². The Labute approximate surface area is 164 Å². The topological polar surface area (TPSA) is 66.8 Å². The predicted molar refractivity (Wildman–Crippen MR) is 107 cm³/mol. The van der Waals surface area contributed by atoms with E-state index < -0.39 is 0 Å². The number of esters is 1. The maximum atomic E-state index is 12.2. The zero-order valence-electron chi connectivity index (χ0n) is 17.3. The Morgan fingerprint density at radius 3 is 2.74 bits per heavy atom. The van der Waals surface area contributed by atoms with Crippen molar-refractivity contribution in [3.63, 3.8) is 0 Å². The highest BCUT2D eigenvalue weighted by Crippen LogP contribution is 2.25. The van der Waals surface area contributed by atoms with Crippen molar-refractivity contribution in [2.75, 3.05) is 13.7 Å². The Balaban J connectivity index is 2.27. The Bertz CT molecular complexity index is 508. The molecule has 0 bridgehead atoms. The lowest BCUT2D eigenvalue weighted by molar-refractivity contribution is -0.140. The van der Waals surface area contributed by atoms with Gasteiger partial charge in [0.25, 0.3) is 0 Å². The molecule has 0 aromatic heterocycles. The molecule has 1 amide bonds. The molecule has 5 heteroatoms. The van der Waals surface area contributed by atoms with Gasteiger partial charge < -0.3 is 14.7 Å². The average Bonchev–Trinajstić information content (AvgIpc) is 3.02. The highest BCUT2D eigenvalue weighted by molar-refractivity contribution is 5.78. The Kier molecular flexibility index (Phi) is 11.8. The van der Waals surface area contributed by atoms with E-state index in [1.807, 2.05) is 18.7 Å². The first-order valence-corrected chi connectivity index (χ1v) is 10.5. The lowest BCUT2D eigenvalue weighted by Crippen LogP contribution is -2.34. The number of unbranched alkanes of at least 4 members (excludes halogenated alkanes) is 3. The summed E-state index contributed by atoms with van der Waals surface area (Å²) in [6.07, 6.45) is 8.62. The highest BCUT2D eigenvalue weighted by atomic mass is 16.5. The van der Waals surface area contributed by atoms with Gasteiger partial charge in [0.2, 0.25) is 5.91 Å². The number of methoxy groups -OCH3 is 1. The molecule has 0 aliphatic carbocycles. The van der Waals surface area contributed by atoms with Crippen LogP contribution in [0.25, 0.3) is 0 Å². The average molecular weight is 380 g/mol. The second-order valence-corrected chi connectivity index (χ2v) is 7.55. The van der Waals surface area contributed by atoms with E-state index in [1.165, 1.54) is 7.11 Å². The minimum Gasteiger partial charge on any atom is -0.469 e. The summed E-state index contributed by atoms with van der Waals surface area (Å²) < 4.78 is 4.64. The summed E-state index contributed by atoms with van der Waals surface area (Å²) in [5, 5.41) is 10.4. The van der Waals surface area contributed by atoms with Gasteiger partial charge in [0.1, 0.15) is 0 Å². The summed E-state index contributed by atoms with van der Waals surface area (Å²) in [6.45, 7) is 4.86. The van der Waals surface area contributed by atoms with Crippen LogP contribution in [0.1, 0.15) is 84.5 Å². The number of hydrogen-bond donors (Lipinski definition) is 1. The SMILES string of the molecule is CCC#CC[C@@H](C)[C@@H](O)CC[C@H]1CCC(=O)N1CCCCCCC(=O)OC. The van der Waals surface area contributed by atoms with Crippen molar-refractivity contribution in [2.45, 2.75) is 96.6 Å². The zero-order chi connectivity index (χ0) is 20.1. The lowest BCUT2D eigenvalue weighted by Gasteiger charge is -2.26. The first-order valence-electron chi connectivity index (χ1n) is 10.5. The van der Waals surface area contributed by atoms with Crippen LogP contribution in [0.15, 0.2) is 0 Å². The highest BCUT2D eigenvalue weighted by Gasteiger charge is 2.30. The van der Waals surface area contributed by atoms with Crippen LogP contribution in [0.4, 0.5) is 0 Å². The van der Waals surface area contributed by atoms with E-state index in [-0.39, 0.29) is 29.9 Å². The summed E-state index contributed by atoms with van der Waals surface area (Å²) in [6, 6.07) is 0.260. The third kappa shape index (κ3) is 9.28. The van der Waals surface area contributed by atoms with Gasteiger partial charge in [-0.2, -0.15) is 0 Å². The van der Waals surface area contributed by atoms with E-state index in [0.29, 0.717) is 12.8 Å². The lowest BCUT2D eigenvalue weighted by atomic mass is 9.95. The summed E-state index contributed by atoms with van der Waals surface area (Å²) >= 11 is 0. The van der Waals surface area contributed by atoms with Crippen LogP contribution in [0, 0.1) is 17.8 Å². The second kappa shape index (κ2) is 13.6. The van der Waals surface area contributed by atoms with Crippen molar-refractivity contribution in [2.24, 2.45) is 5.92 Å². The fourth-order valence-electron chi connectivity index (χ4n) is 3.55. The second-order valence-electron chi connectivity index (χ2n) is 7.55. The molecular formula is C22H37NO4. The molecule has 0 saturated carbocycles. The minimum atomic E-state index is -0.355. The molecule has 0 spiro atoms. The normalized spacial score (nSPS) is 18.7. The van der Waals surface area contributed by atoms with Gasteiger partial charge in [-0.05, 0) is 38.0 Å². The molecule has 1 fully saturated rings. The van der Waals surface area contributed by atoms with E-state index in [1.54, 1.807) is 0 Å². The third-order valence-electron chi connectivity index (χ3n) is 5.39. The third-order valence-corrected chi connectivity index (χ3v) is 5.39. The molecule has 0 aromatic carbocycles. The Hall–Kier alpha value is -1.54. The van der Waals surface area contributed by atoms with E-state index in [4.69, 9.17) is 0 Å². The summed E-state index contributed by atoms with van der Waals surface area (Å²) in [5.41, 5.74) is 0. The number of aliphatic hydroxyl groups excluding tert-OH is 1. The fourth-order valence-corrected chi connectivity index (χ4v) is 3.55. The number of carbonyl (C=O) groups excluding carboxylic acids is 2. The molecule has 0 unspecified atom stereocenters. The molecular weight excluding hydrogens is 342 g/mol. The smallest absolute Gasteiger partial charge is 0.305 e. The van der Waals surface area contributed by atoms with Crippen molar-refractivity contribution in [3.8, 4) is 11.8 Å². The Morgan fingerprint density at radius 2 is 2.04 bits per heavy atom. The van der Waals surface area contributed by atoms with Crippen molar-refractivity contribution in [3.05, 3.63) is 0 Å². The van der Waals surface area contributed by atoms with Crippen molar-refractivity contribution < 1.29 is 19.4 Å². The molecule has 1 rings (SSSR count). The molecule has 1 heterocycles. The van der Waals surface area contributed by atoms with Gasteiger partial charge in [0, 0.05) is 38.3 Å². The van der Waals surface area contributed by atoms with Gasteiger partial charge in [-0.15, -0.1) is 11.8 Å². The molecule has 5 nitrogen and oxygen atoms in total. The van der Waals surface area contributed by atoms with Crippen LogP contribution in [0.3, 0.4) is 0 Å². The number of aliphatic hydroxyl groups is 1.